The van der Waals surface area contributed by atoms with Crippen molar-refractivity contribution in [3.05, 3.63) is 85.0 Å². The summed E-state index contributed by atoms with van der Waals surface area (Å²) in [6.45, 7) is 13.8. The molecule has 7 atom stereocenters. The van der Waals surface area contributed by atoms with Gasteiger partial charge < -0.3 is 19.8 Å². The van der Waals surface area contributed by atoms with Crippen LogP contribution in [-0.4, -0.2) is 74.3 Å². The van der Waals surface area contributed by atoms with Crippen LogP contribution in [0.2, 0.25) is 0 Å². The van der Waals surface area contributed by atoms with E-state index in [9.17, 15) is 19.5 Å². The molecule has 5 rings (SSSR count). The molecule has 2 bridgehead atoms. The standard InChI is InChI=1S/C33H38BrN3O4S/c1-6-16-35(23-14-9-8-10-15-23)30(39)25-26-31(40)37(22(5)19-38)29(33(26)18-24(34)28(25)42-33)32(41)36(17-7-2)27-20(3)12-11-13-21(27)4/h6-15,22,24-26,28-29,38H,1-2,16-19H2,3-5H3/t22-,24?,25-,26+,28-,29?,33?/m1/s1. The second-order valence-electron chi connectivity index (χ2n) is 11.5. The van der Waals surface area contributed by atoms with Crippen LogP contribution in [0.1, 0.15) is 24.5 Å². The summed E-state index contributed by atoms with van der Waals surface area (Å²) in [5.74, 6) is -1.94. The molecule has 3 amide bonds. The van der Waals surface area contributed by atoms with E-state index < -0.39 is 28.7 Å². The highest BCUT2D eigenvalue weighted by Gasteiger charge is 2.76. The van der Waals surface area contributed by atoms with E-state index in [0.29, 0.717) is 13.0 Å². The number of rotatable bonds is 10. The van der Waals surface area contributed by atoms with Crippen molar-refractivity contribution in [2.24, 2.45) is 11.8 Å². The summed E-state index contributed by atoms with van der Waals surface area (Å²) >= 11 is 5.45. The number of nitrogens with zero attached hydrogens (tertiary/aromatic N) is 3. The van der Waals surface area contributed by atoms with Crippen molar-refractivity contribution in [3.63, 3.8) is 0 Å². The average Bonchev–Trinajstić information content (AvgIpc) is 3.58. The van der Waals surface area contributed by atoms with Crippen LogP contribution in [0.5, 0.6) is 0 Å². The maximum Gasteiger partial charge on any atom is 0.251 e. The second kappa shape index (κ2) is 12.0. The number of carbonyl (C=O) groups excluding carboxylic acids is 3. The molecule has 2 aromatic carbocycles. The Kier molecular flexibility index (Phi) is 8.75. The summed E-state index contributed by atoms with van der Waals surface area (Å²) in [6.07, 6.45) is 3.95. The number of hydrogen-bond acceptors (Lipinski definition) is 5. The van der Waals surface area contributed by atoms with Crippen LogP contribution < -0.4 is 9.80 Å². The number of fused-ring (bicyclic) bond motifs is 1. The fourth-order valence-electron chi connectivity index (χ4n) is 7.23. The lowest BCUT2D eigenvalue weighted by Crippen LogP contribution is -2.58. The zero-order chi connectivity index (χ0) is 30.3. The van der Waals surface area contributed by atoms with Gasteiger partial charge in [-0.05, 0) is 50.5 Å². The van der Waals surface area contributed by atoms with Gasteiger partial charge in [0.25, 0.3) is 5.91 Å². The number of amides is 3. The molecule has 3 unspecified atom stereocenters. The van der Waals surface area contributed by atoms with Crippen molar-refractivity contribution in [2.45, 2.75) is 54.1 Å². The number of aliphatic hydroxyl groups is 1. The molecule has 3 aliphatic rings. The molecule has 9 heteroatoms. The lowest BCUT2D eigenvalue weighted by molar-refractivity contribution is -0.141. The largest absolute Gasteiger partial charge is 0.394 e. The smallest absolute Gasteiger partial charge is 0.251 e. The Labute approximate surface area is 260 Å². The number of aliphatic hydroxyl groups excluding tert-OH is 1. The Morgan fingerprint density at radius 1 is 1.07 bits per heavy atom. The predicted octanol–water partition coefficient (Wildman–Crippen LogP) is 4.89. The number of hydrogen-bond donors (Lipinski definition) is 1. The minimum Gasteiger partial charge on any atom is -0.394 e. The van der Waals surface area contributed by atoms with Crippen molar-refractivity contribution in [1.82, 2.24) is 4.90 Å². The summed E-state index contributed by atoms with van der Waals surface area (Å²) in [5, 5.41) is 10.1. The number of alkyl halides is 1. The van der Waals surface area contributed by atoms with Crippen LogP contribution >= 0.6 is 27.7 Å². The SMILES string of the molecule is C=CCN(C(=O)[C@H]1[C@@H]2SC3(CC2Br)C(C(=O)N(CC=C)c2c(C)cccc2C)N([C@H](C)CO)C(=O)[C@H]13)c1ccccc1. The number of carbonyl (C=O) groups is 3. The fraction of sp³-hybridized carbons (Fsp3) is 0.424. The van der Waals surface area contributed by atoms with Crippen LogP contribution in [0.4, 0.5) is 11.4 Å². The van der Waals surface area contributed by atoms with Crippen molar-refractivity contribution in [3.8, 4) is 0 Å². The Morgan fingerprint density at radius 2 is 1.69 bits per heavy atom. The number of para-hydroxylation sites is 2. The fourth-order valence-corrected chi connectivity index (χ4v) is 10.8. The van der Waals surface area contributed by atoms with Crippen molar-refractivity contribution in [1.29, 1.82) is 0 Å². The number of thioether (sulfide) groups is 1. The van der Waals surface area contributed by atoms with Gasteiger partial charge in [0.15, 0.2) is 0 Å². The third-order valence-corrected chi connectivity index (χ3v) is 12.1. The molecule has 42 heavy (non-hydrogen) atoms. The highest BCUT2D eigenvalue weighted by atomic mass is 79.9. The predicted molar refractivity (Wildman–Crippen MR) is 173 cm³/mol. The van der Waals surface area contributed by atoms with Gasteiger partial charge in [-0.1, -0.05) is 64.5 Å². The molecule has 3 fully saturated rings. The molecule has 7 nitrogen and oxygen atoms in total. The normalized spacial score (nSPS) is 28.4. The van der Waals surface area contributed by atoms with Gasteiger partial charge in [0.2, 0.25) is 11.8 Å². The van der Waals surface area contributed by atoms with Crippen LogP contribution in [0, 0.1) is 25.7 Å². The van der Waals surface area contributed by atoms with Crippen LogP contribution in [0.15, 0.2) is 73.8 Å². The summed E-state index contributed by atoms with van der Waals surface area (Å²) in [5.41, 5.74) is 3.43. The quantitative estimate of drug-likeness (QED) is 0.292. The third-order valence-electron chi connectivity index (χ3n) is 8.92. The van der Waals surface area contributed by atoms with Crippen molar-refractivity contribution in [2.75, 3.05) is 29.5 Å². The summed E-state index contributed by atoms with van der Waals surface area (Å²) in [7, 11) is 0. The van der Waals surface area contributed by atoms with Crippen LogP contribution in [0.25, 0.3) is 0 Å². The lowest BCUT2D eigenvalue weighted by Gasteiger charge is -2.40. The van der Waals surface area contributed by atoms with Crippen molar-refractivity contribution < 1.29 is 19.5 Å². The number of likely N-dealkylation sites (tertiary alicyclic amines) is 1. The van der Waals surface area contributed by atoms with E-state index in [1.165, 1.54) is 0 Å². The van der Waals surface area contributed by atoms with Gasteiger partial charge in [-0.2, -0.15) is 0 Å². The summed E-state index contributed by atoms with van der Waals surface area (Å²) < 4.78 is -0.830. The van der Waals surface area contributed by atoms with E-state index in [4.69, 9.17) is 0 Å². The molecular weight excluding hydrogens is 614 g/mol. The van der Waals surface area contributed by atoms with Gasteiger partial charge in [-0.15, -0.1) is 24.9 Å². The number of benzene rings is 2. The Balaban J connectivity index is 1.63. The Hall–Kier alpha value is -2.88. The molecule has 222 valence electrons. The molecule has 0 aliphatic carbocycles. The number of aryl methyl sites for hydroxylation is 2. The number of halogens is 1. The van der Waals surface area contributed by atoms with Gasteiger partial charge >= 0.3 is 0 Å². The van der Waals surface area contributed by atoms with E-state index in [2.05, 4.69) is 29.1 Å². The number of anilines is 2. The van der Waals surface area contributed by atoms with E-state index in [1.54, 1.807) is 45.5 Å². The van der Waals surface area contributed by atoms with E-state index in [1.807, 2.05) is 62.4 Å². The van der Waals surface area contributed by atoms with Crippen LogP contribution in [0.3, 0.4) is 0 Å². The zero-order valence-electron chi connectivity index (χ0n) is 24.3. The summed E-state index contributed by atoms with van der Waals surface area (Å²) in [6, 6.07) is 13.9. The second-order valence-corrected chi connectivity index (χ2v) is 14.2. The molecule has 0 aromatic heterocycles. The highest BCUT2D eigenvalue weighted by molar-refractivity contribution is 9.09. The van der Waals surface area contributed by atoms with Crippen LogP contribution in [-0.2, 0) is 14.4 Å². The van der Waals surface area contributed by atoms with Gasteiger partial charge in [0, 0.05) is 34.5 Å². The van der Waals surface area contributed by atoms with E-state index in [0.717, 1.165) is 22.5 Å². The molecule has 2 aromatic rings. The molecule has 3 saturated heterocycles. The first kappa shape index (κ1) is 30.6. The van der Waals surface area contributed by atoms with Gasteiger partial charge in [-0.25, -0.2) is 0 Å². The Morgan fingerprint density at radius 3 is 2.29 bits per heavy atom. The highest BCUT2D eigenvalue weighted by Crippen LogP contribution is 2.68. The average molecular weight is 653 g/mol. The van der Waals surface area contributed by atoms with Gasteiger partial charge in [0.1, 0.15) is 6.04 Å². The van der Waals surface area contributed by atoms with E-state index >= 15 is 0 Å². The van der Waals surface area contributed by atoms with E-state index in [-0.39, 0.29) is 41.0 Å². The van der Waals surface area contributed by atoms with Crippen molar-refractivity contribution >= 4 is 56.8 Å². The molecule has 1 spiro atoms. The summed E-state index contributed by atoms with van der Waals surface area (Å²) in [4.78, 5) is 48.7. The third kappa shape index (κ3) is 4.74. The monoisotopic (exact) mass is 651 g/mol. The molecule has 0 saturated carbocycles. The minimum absolute atomic E-state index is 0.0606. The minimum atomic E-state index is -0.853. The molecule has 3 aliphatic heterocycles. The lowest BCUT2D eigenvalue weighted by atomic mass is 9.70. The first-order valence-corrected chi connectivity index (χ1v) is 16.1. The molecule has 3 heterocycles. The maximum absolute atomic E-state index is 14.8. The molecule has 1 N–H and O–H groups in total. The molecular formula is C33H38BrN3O4S. The first-order valence-electron chi connectivity index (χ1n) is 14.3. The Bertz CT molecular complexity index is 1380. The first-order chi connectivity index (χ1) is 20.1. The topological polar surface area (TPSA) is 81.2 Å². The van der Waals surface area contributed by atoms with Gasteiger partial charge in [0.05, 0.1) is 29.2 Å². The maximum atomic E-state index is 14.8. The van der Waals surface area contributed by atoms with Gasteiger partial charge in [-0.3, -0.25) is 14.4 Å². The molecule has 0 radical (unpaired) electrons. The zero-order valence-corrected chi connectivity index (χ0v) is 26.7.